The first-order valence-electron chi connectivity index (χ1n) is 17.9. The third kappa shape index (κ3) is 7.82. The summed E-state index contributed by atoms with van der Waals surface area (Å²) in [7, 11) is 1.32. The number of imide groups is 1. The van der Waals surface area contributed by atoms with Crippen LogP contribution in [0, 0.1) is 0 Å². The fourth-order valence-corrected chi connectivity index (χ4v) is 7.75. The molecule has 9 N–H and O–H groups in total. The highest BCUT2D eigenvalue weighted by Crippen LogP contribution is 2.52. The summed E-state index contributed by atoms with van der Waals surface area (Å²) in [6, 6.07) is 3.85. The highest BCUT2D eigenvalue weighted by atomic mass is 35.5. The van der Waals surface area contributed by atoms with Crippen molar-refractivity contribution in [3.63, 3.8) is 0 Å². The van der Waals surface area contributed by atoms with Gasteiger partial charge in [-0.3, -0.25) is 28.9 Å². The van der Waals surface area contributed by atoms with Gasteiger partial charge in [-0.2, -0.15) is 5.10 Å². The number of nitrogens with zero attached hydrogens (tertiary/aromatic N) is 2. The molecule has 17 nitrogen and oxygen atoms in total. The minimum atomic E-state index is -2.14. The van der Waals surface area contributed by atoms with Gasteiger partial charge in [0.25, 0.3) is 0 Å². The van der Waals surface area contributed by atoms with E-state index in [0.29, 0.717) is 19.3 Å². The molecule has 2 fully saturated rings. The third-order valence-electron chi connectivity index (χ3n) is 10.7. The van der Waals surface area contributed by atoms with Gasteiger partial charge in [-0.05, 0) is 25.8 Å². The van der Waals surface area contributed by atoms with Crippen LogP contribution in [0.2, 0.25) is 0 Å². The van der Waals surface area contributed by atoms with Crippen molar-refractivity contribution in [1.29, 1.82) is 0 Å². The van der Waals surface area contributed by atoms with Gasteiger partial charge < -0.3 is 57.9 Å². The zero-order valence-corrected chi connectivity index (χ0v) is 31.1. The summed E-state index contributed by atoms with van der Waals surface area (Å²) in [6.45, 7) is 1.03. The number of methoxy groups -OCH3 is 1. The number of hydrazone groups is 1. The standard InChI is InChI=1S/C37H44N4O13.ClH/c1-17-32(46)20(38)13-27(53-17)54-22-15-37(51,23(16-42)39-40-24(43)9-4-3-5-12-41-25(44)10-11-26(41)45)14-19-29(22)36(50)31-30(34(19)48)33(47)18-7-6-8-21(52-2)28(18)35(31)49;/h6-8,17,20,22,27,32,42,46,48,50-51H,3-5,9-16,38H2,1-2H3,(H,40,43);1H/b39-23+;/t17-,20-,22-,27-,32+,37-;/m0./s1. The van der Waals surface area contributed by atoms with Crippen molar-refractivity contribution in [3.8, 4) is 17.2 Å². The van der Waals surface area contributed by atoms with Crippen molar-refractivity contribution in [2.24, 2.45) is 5.10 Å². The fourth-order valence-electron chi connectivity index (χ4n) is 7.75. The molecule has 4 aliphatic rings. The highest BCUT2D eigenvalue weighted by Gasteiger charge is 2.50. The summed E-state index contributed by atoms with van der Waals surface area (Å²) in [5.74, 6) is -3.79. The number of nitrogens with one attached hydrogen (secondary N) is 1. The van der Waals surface area contributed by atoms with Gasteiger partial charge in [-0.15, -0.1) is 0 Å². The van der Waals surface area contributed by atoms with Gasteiger partial charge in [0.15, 0.2) is 12.1 Å². The number of aliphatic hydroxyl groups excluding tert-OH is 2. The summed E-state index contributed by atoms with van der Waals surface area (Å²) < 4.78 is 17.5. The Morgan fingerprint density at radius 2 is 1.75 bits per heavy atom. The van der Waals surface area contributed by atoms with Crippen LogP contribution >= 0.6 is 0 Å². The third-order valence-corrected chi connectivity index (χ3v) is 10.7. The van der Waals surface area contributed by atoms with Gasteiger partial charge in [0, 0.05) is 55.3 Å². The second kappa shape index (κ2) is 16.7. The Labute approximate surface area is 321 Å². The van der Waals surface area contributed by atoms with Gasteiger partial charge in [-0.1, -0.05) is 18.6 Å². The summed E-state index contributed by atoms with van der Waals surface area (Å²) >= 11 is 0. The number of unbranched alkanes of at least 4 members (excludes halogenated alkanes) is 2. The zero-order chi connectivity index (χ0) is 39.1. The normalized spacial score (nSPS) is 26.3. The first-order chi connectivity index (χ1) is 25.7. The van der Waals surface area contributed by atoms with Crippen molar-refractivity contribution in [2.75, 3.05) is 20.3 Å². The largest absolute Gasteiger partial charge is 1.00 e. The Balaban J connectivity index is 0.00000580. The van der Waals surface area contributed by atoms with E-state index in [1.165, 1.54) is 30.2 Å². The molecule has 2 saturated heterocycles. The molecule has 0 aromatic heterocycles. The lowest BCUT2D eigenvalue weighted by atomic mass is 9.71. The van der Waals surface area contributed by atoms with Crippen molar-refractivity contribution in [2.45, 2.75) is 101 Å². The van der Waals surface area contributed by atoms with Crippen molar-refractivity contribution in [3.05, 3.63) is 51.6 Å². The predicted octanol–water partition coefficient (Wildman–Crippen LogP) is -3.10. The minimum absolute atomic E-state index is 0. The number of ketones is 2. The van der Waals surface area contributed by atoms with Crippen LogP contribution < -0.4 is 28.3 Å². The van der Waals surface area contributed by atoms with Crippen LogP contribution in [-0.4, -0.2) is 116 Å². The molecule has 2 aromatic carbocycles. The first-order valence-corrected chi connectivity index (χ1v) is 17.9. The highest BCUT2D eigenvalue weighted by molar-refractivity contribution is 6.31. The van der Waals surface area contributed by atoms with Gasteiger partial charge in [0.1, 0.15) is 35.0 Å². The van der Waals surface area contributed by atoms with E-state index in [9.17, 15) is 49.5 Å². The van der Waals surface area contributed by atoms with E-state index in [4.69, 9.17) is 14.2 Å². The van der Waals surface area contributed by atoms with Crippen molar-refractivity contribution in [1.82, 2.24) is 10.3 Å². The van der Waals surface area contributed by atoms with E-state index in [-0.39, 0.29) is 90.2 Å². The molecule has 298 valence electrons. The van der Waals surface area contributed by atoms with Crippen LogP contribution in [0.25, 0.3) is 0 Å². The molecule has 2 aromatic rings. The van der Waals surface area contributed by atoms with Gasteiger partial charge in [0.05, 0.1) is 54.7 Å². The monoisotopic (exact) mass is 788 g/mol. The summed E-state index contributed by atoms with van der Waals surface area (Å²) in [4.78, 5) is 65.4. The van der Waals surface area contributed by atoms with Gasteiger partial charge >= 0.3 is 0 Å². The Morgan fingerprint density at radius 3 is 2.40 bits per heavy atom. The number of rotatable bonds is 12. The van der Waals surface area contributed by atoms with Gasteiger partial charge in [-0.25, -0.2) is 5.43 Å². The van der Waals surface area contributed by atoms with E-state index in [0.717, 1.165) is 0 Å². The van der Waals surface area contributed by atoms with E-state index in [1.807, 2.05) is 0 Å². The Morgan fingerprint density at radius 1 is 1.05 bits per heavy atom. The second-order valence-electron chi connectivity index (χ2n) is 14.2. The number of carbonyl (C=O) groups is 5. The number of hydrogen-bond donors (Lipinski definition) is 7. The number of hydrogen-bond acceptors (Lipinski definition) is 14. The van der Waals surface area contributed by atoms with Crippen LogP contribution in [0.15, 0.2) is 23.3 Å². The number of quaternary nitrogens is 1. The second-order valence-corrected chi connectivity index (χ2v) is 14.2. The maximum absolute atomic E-state index is 14.0. The van der Waals surface area contributed by atoms with E-state index in [1.54, 1.807) is 6.92 Å². The lowest BCUT2D eigenvalue weighted by Gasteiger charge is -2.42. The lowest BCUT2D eigenvalue weighted by Crippen LogP contribution is -3.00. The smallest absolute Gasteiger partial charge is 0.240 e. The quantitative estimate of drug-likeness (QED) is 0.0316. The summed E-state index contributed by atoms with van der Waals surface area (Å²) in [6.07, 6.45) is -2.98. The molecule has 55 heavy (non-hydrogen) atoms. The molecule has 2 aliphatic heterocycles. The number of carbonyl (C=O) groups excluding carboxylic acids is 5. The Hall–Kier alpha value is -4.49. The SMILES string of the molecule is COc1cccc2c1C(=O)c1c(O)c3c(c(O)c1C2=O)C[C@@](O)(/C(CO)=N/NC(=O)CCCCCN1C(=O)CCC1=O)C[C@@H]3O[C@H]1C[C@H]([NH3+])[C@H](O)[C@H](C)O1.[Cl-]. The predicted molar refractivity (Wildman–Crippen MR) is 185 cm³/mol. The molecule has 2 aliphatic carbocycles. The lowest BCUT2D eigenvalue weighted by molar-refractivity contribution is -0.466. The van der Waals surface area contributed by atoms with Gasteiger partial charge in [0.2, 0.25) is 23.5 Å². The number of amides is 3. The number of likely N-dealkylation sites (tertiary alicyclic amines) is 1. The molecule has 0 spiro atoms. The Bertz CT molecular complexity index is 1890. The average molecular weight is 789 g/mol. The molecule has 6 atom stereocenters. The molecule has 0 unspecified atom stereocenters. The molecular weight excluding hydrogens is 744 g/mol. The minimum Gasteiger partial charge on any atom is -1.00 e. The number of fused-ring (bicyclic) bond motifs is 3. The number of aromatic hydroxyl groups is 2. The molecule has 3 amide bonds. The average Bonchev–Trinajstić information content (AvgIpc) is 3.46. The summed E-state index contributed by atoms with van der Waals surface area (Å²) in [5.41, 5.74) is 2.45. The molecule has 2 heterocycles. The van der Waals surface area contributed by atoms with Crippen LogP contribution in [-0.2, 0) is 30.3 Å². The number of phenolic OH excluding ortho intramolecular Hbond substituents is 2. The van der Waals surface area contributed by atoms with E-state index in [2.05, 4.69) is 16.3 Å². The van der Waals surface area contributed by atoms with Crippen molar-refractivity contribution >= 4 is 35.0 Å². The van der Waals surface area contributed by atoms with Crippen LogP contribution in [0.1, 0.15) is 107 Å². The van der Waals surface area contributed by atoms with Crippen LogP contribution in [0.4, 0.5) is 0 Å². The van der Waals surface area contributed by atoms with E-state index >= 15 is 0 Å². The first kappa shape index (κ1) is 41.7. The number of halogens is 1. The molecular formula is C37H45ClN4O13. The molecule has 0 bridgehead atoms. The van der Waals surface area contributed by atoms with Crippen molar-refractivity contribution < 1.29 is 81.9 Å². The number of aliphatic hydroxyl groups is 3. The molecule has 0 saturated carbocycles. The molecule has 6 rings (SSSR count). The Kier molecular flexibility index (Phi) is 12.7. The number of ether oxygens (including phenoxy) is 3. The topological polar surface area (TPSA) is 269 Å². The fraction of sp³-hybridized carbons (Fsp3) is 0.514. The maximum Gasteiger partial charge on any atom is 0.240 e. The number of benzene rings is 2. The van der Waals surface area contributed by atoms with Crippen LogP contribution in [0.5, 0.6) is 17.2 Å². The van der Waals surface area contributed by atoms with Crippen LogP contribution in [0.3, 0.4) is 0 Å². The molecule has 18 heteroatoms. The molecule has 0 radical (unpaired) electrons. The van der Waals surface area contributed by atoms with E-state index < -0.39 is 95.8 Å². The number of phenols is 2. The zero-order valence-electron chi connectivity index (χ0n) is 30.4. The maximum atomic E-state index is 14.0. The summed E-state index contributed by atoms with van der Waals surface area (Å²) in [5, 5.41) is 60.6.